The van der Waals surface area contributed by atoms with Crippen LogP contribution in [0.5, 0.6) is 11.5 Å². The third-order valence-electron chi connectivity index (χ3n) is 2.92. The molecule has 0 saturated carbocycles. The summed E-state index contributed by atoms with van der Waals surface area (Å²) in [6.07, 6.45) is 2.58. The van der Waals surface area contributed by atoms with Crippen LogP contribution in [0.2, 0.25) is 0 Å². The van der Waals surface area contributed by atoms with Gasteiger partial charge >= 0.3 is 0 Å². The fraction of sp³-hybridized carbons (Fsp3) is 0.0667. The molecule has 0 fully saturated rings. The molecule has 22 heavy (non-hydrogen) atoms. The number of nitrogens with one attached hydrogen (secondary N) is 1. The van der Waals surface area contributed by atoms with Crippen LogP contribution in [0.15, 0.2) is 46.7 Å². The molecule has 7 heteroatoms. The second-order valence-electron chi connectivity index (χ2n) is 4.39. The molecule has 1 amide bonds. The molecule has 2 aromatic rings. The number of aliphatic carboxylic acids is 1. The van der Waals surface area contributed by atoms with Gasteiger partial charge in [-0.05, 0) is 35.9 Å². The quantitative estimate of drug-likeness (QED) is 0.827. The van der Waals surface area contributed by atoms with Gasteiger partial charge in [0.2, 0.25) is 6.79 Å². The monoisotopic (exact) mass is 300 g/mol. The summed E-state index contributed by atoms with van der Waals surface area (Å²) in [6.45, 7) is 0.116. The molecule has 3 rings (SSSR count). The van der Waals surface area contributed by atoms with Crippen LogP contribution in [-0.2, 0) is 4.79 Å². The summed E-state index contributed by atoms with van der Waals surface area (Å²) < 4.78 is 15.3. The number of carboxylic acid groups (broad SMARTS) is 1. The molecule has 0 saturated heterocycles. The summed E-state index contributed by atoms with van der Waals surface area (Å²) in [5, 5.41) is 13.4. The van der Waals surface area contributed by atoms with Crippen LogP contribution in [-0.4, -0.2) is 18.7 Å². The van der Waals surface area contributed by atoms with Gasteiger partial charge in [0.05, 0.1) is 17.9 Å². The van der Waals surface area contributed by atoms with E-state index in [0.717, 1.165) is 0 Å². The molecule has 7 nitrogen and oxygen atoms in total. The fourth-order valence-corrected chi connectivity index (χ4v) is 1.91. The van der Waals surface area contributed by atoms with Crippen molar-refractivity contribution in [1.82, 2.24) is 5.32 Å². The maximum Gasteiger partial charge on any atom is 0.291 e. The van der Waals surface area contributed by atoms with Crippen LogP contribution in [0, 0.1) is 0 Å². The smallest absolute Gasteiger partial charge is 0.291 e. The van der Waals surface area contributed by atoms with E-state index in [-0.39, 0.29) is 18.3 Å². The molecule has 1 aromatic heterocycles. The minimum absolute atomic E-state index is 0.00200. The van der Waals surface area contributed by atoms with Crippen LogP contribution < -0.4 is 19.9 Å². The zero-order valence-corrected chi connectivity index (χ0v) is 11.2. The highest BCUT2D eigenvalue weighted by atomic mass is 16.7. The zero-order valence-electron chi connectivity index (χ0n) is 11.2. The van der Waals surface area contributed by atoms with Crippen molar-refractivity contribution in [3.63, 3.8) is 0 Å². The van der Waals surface area contributed by atoms with Crippen molar-refractivity contribution < 1.29 is 28.6 Å². The Morgan fingerprint density at radius 3 is 2.73 bits per heavy atom. The van der Waals surface area contributed by atoms with Crippen molar-refractivity contribution in [2.45, 2.75) is 0 Å². The molecule has 0 unspecified atom stereocenters. The van der Waals surface area contributed by atoms with Gasteiger partial charge in [-0.25, -0.2) is 0 Å². The second-order valence-corrected chi connectivity index (χ2v) is 4.39. The highest BCUT2D eigenvalue weighted by Gasteiger charge is 2.14. The standard InChI is InChI=1S/C15H11NO6/c17-14(12-2-1-5-20-12)16-10(15(18)19)6-9-3-4-11-13(7-9)22-8-21-11/h1-7H,8H2,(H,16,17)(H,18,19)/p-1/b10-6+. The molecular weight excluding hydrogens is 290 g/mol. The van der Waals surface area contributed by atoms with Crippen molar-refractivity contribution in [2.75, 3.05) is 6.79 Å². The number of rotatable bonds is 4. The highest BCUT2D eigenvalue weighted by molar-refractivity contribution is 6.00. The Morgan fingerprint density at radius 2 is 2.00 bits per heavy atom. The molecular formula is C15H10NO6-. The summed E-state index contributed by atoms with van der Waals surface area (Å²) in [7, 11) is 0. The number of carbonyl (C=O) groups excluding carboxylic acids is 2. The van der Waals surface area contributed by atoms with E-state index in [9.17, 15) is 14.7 Å². The third kappa shape index (κ3) is 2.78. The molecule has 0 bridgehead atoms. The Balaban J connectivity index is 1.84. The van der Waals surface area contributed by atoms with Gasteiger partial charge in [-0.15, -0.1) is 0 Å². The van der Waals surface area contributed by atoms with E-state index < -0.39 is 11.9 Å². The zero-order chi connectivity index (χ0) is 15.5. The molecule has 2 heterocycles. The Bertz CT molecular complexity index is 747. The number of amides is 1. The number of furan rings is 1. The number of hydrogen-bond acceptors (Lipinski definition) is 6. The van der Waals surface area contributed by atoms with Crippen LogP contribution >= 0.6 is 0 Å². The van der Waals surface area contributed by atoms with Gasteiger partial charge in [0.25, 0.3) is 5.91 Å². The Morgan fingerprint density at radius 1 is 1.18 bits per heavy atom. The van der Waals surface area contributed by atoms with Crippen molar-refractivity contribution in [3.05, 3.63) is 53.6 Å². The maximum atomic E-state index is 11.8. The average Bonchev–Trinajstić information content (AvgIpc) is 3.17. The minimum Gasteiger partial charge on any atom is -0.543 e. The highest BCUT2D eigenvalue weighted by Crippen LogP contribution is 2.32. The molecule has 0 aliphatic carbocycles. The van der Waals surface area contributed by atoms with E-state index in [2.05, 4.69) is 5.32 Å². The molecule has 0 radical (unpaired) electrons. The molecule has 1 aliphatic heterocycles. The molecule has 0 spiro atoms. The maximum absolute atomic E-state index is 11.8. The van der Waals surface area contributed by atoms with Crippen molar-refractivity contribution in [3.8, 4) is 11.5 Å². The number of ether oxygens (including phenoxy) is 2. The van der Waals surface area contributed by atoms with Gasteiger partial charge in [0, 0.05) is 0 Å². The van der Waals surface area contributed by atoms with Crippen molar-refractivity contribution >= 4 is 18.0 Å². The predicted octanol–water partition coefficient (Wildman–Crippen LogP) is 0.529. The predicted molar refractivity (Wildman–Crippen MR) is 71.7 cm³/mol. The Kier molecular flexibility index (Phi) is 3.53. The van der Waals surface area contributed by atoms with Crippen LogP contribution in [0.3, 0.4) is 0 Å². The van der Waals surface area contributed by atoms with E-state index in [1.807, 2.05) is 0 Å². The van der Waals surface area contributed by atoms with E-state index in [4.69, 9.17) is 13.9 Å². The number of carboxylic acids is 1. The molecule has 0 atom stereocenters. The first-order valence-corrected chi connectivity index (χ1v) is 6.31. The number of carbonyl (C=O) groups is 2. The van der Waals surface area contributed by atoms with Gasteiger partial charge in [-0.1, -0.05) is 6.07 Å². The minimum atomic E-state index is -1.52. The first-order chi connectivity index (χ1) is 10.6. The molecule has 1 N–H and O–H groups in total. The molecule has 112 valence electrons. The van der Waals surface area contributed by atoms with Gasteiger partial charge < -0.3 is 29.1 Å². The first-order valence-electron chi connectivity index (χ1n) is 6.31. The Labute approximate surface area is 124 Å². The number of hydrogen-bond donors (Lipinski definition) is 1. The summed E-state index contributed by atoms with van der Waals surface area (Å²) in [5.74, 6) is -1.12. The molecule has 1 aliphatic rings. The Hall–Kier alpha value is -3.22. The van der Waals surface area contributed by atoms with Crippen LogP contribution in [0.4, 0.5) is 0 Å². The summed E-state index contributed by atoms with van der Waals surface area (Å²) in [6, 6.07) is 7.83. The lowest BCUT2D eigenvalue weighted by atomic mass is 10.1. The fourth-order valence-electron chi connectivity index (χ4n) is 1.91. The summed E-state index contributed by atoms with van der Waals surface area (Å²) in [4.78, 5) is 23.0. The third-order valence-corrected chi connectivity index (χ3v) is 2.92. The van der Waals surface area contributed by atoms with Gasteiger partial charge in [-0.2, -0.15) is 0 Å². The second kappa shape index (κ2) is 5.65. The average molecular weight is 300 g/mol. The van der Waals surface area contributed by atoms with E-state index >= 15 is 0 Å². The largest absolute Gasteiger partial charge is 0.543 e. The van der Waals surface area contributed by atoms with E-state index in [0.29, 0.717) is 17.1 Å². The normalized spacial score (nSPS) is 13.0. The van der Waals surface area contributed by atoms with E-state index in [1.54, 1.807) is 18.2 Å². The van der Waals surface area contributed by atoms with E-state index in [1.165, 1.54) is 24.5 Å². The van der Waals surface area contributed by atoms with Gasteiger partial charge in [-0.3, -0.25) is 4.79 Å². The van der Waals surface area contributed by atoms with Crippen LogP contribution in [0.25, 0.3) is 6.08 Å². The number of benzene rings is 1. The summed E-state index contributed by atoms with van der Waals surface area (Å²) in [5.41, 5.74) is 0.128. The van der Waals surface area contributed by atoms with Gasteiger partial charge in [0.1, 0.15) is 0 Å². The van der Waals surface area contributed by atoms with Crippen LogP contribution in [0.1, 0.15) is 16.1 Å². The lowest BCUT2D eigenvalue weighted by molar-refractivity contribution is -0.299. The topological polar surface area (TPSA) is 101 Å². The SMILES string of the molecule is O=C([O-])/C(=C\c1ccc2c(c1)OCO2)NC(=O)c1ccco1. The lowest BCUT2D eigenvalue weighted by Gasteiger charge is -2.10. The van der Waals surface area contributed by atoms with Gasteiger partial charge in [0.15, 0.2) is 17.3 Å². The first kappa shape index (κ1) is 13.7. The van der Waals surface area contributed by atoms with Crippen molar-refractivity contribution in [1.29, 1.82) is 0 Å². The number of fused-ring (bicyclic) bond motifs is 1. The summed E-state index contributed by atoms with van der Waals surface area (Å²) >= 11 is 0. The lowest BCUT2D eigenvalue weighted by Crippen LogP contribution is -2.35. The molecule has 1 aromatic carbocycles. The van der Waals surface area contributed by atoms with Crippen molar-refractivity contribution in [2.24, 2.45) is 0 Å².